The van der Waals surface area contributed by atoms with E-state index in [1.54, 1.807) is 0 Å². The van der Waals surface area contributed by atoms with E-state index in [0.29, 0.717) is 19.4 Å². The minimum absolute atomic E-state index is 0.0227. The Balaban J connectivity index is 1.93. The van der Waals surface area contributed by atoms with Gasteiger partial charge in [0.05, 0.1) is 33.2 Å². The van der Waals surface area contributed by atoms with Gasteiger partial charge in [-0.2, -0.15) is 0 Å². The monoisotopic (exact) mass is 517 g/mol. The minimum Gasteiger partial charge on any atom is -0.377 e. The van der Waals surface area contributed by atoms with Crippen molar-refractivity contribution in [2.24, 2.45) is 5.73 Å². The summed E-state index contributed by atoms with van der Waals surface area (Å²) < 4.78 is 10.5. The quantitative estimate of drug-likeness (QED) is 0.0648. The molecule has 0 aromatic carbocycles. The molecule has 0 aromatic rings. The first-order chi connectivity index (χ1) is 16.4. The van der Waals surface area contributed by atoms with Gasteiger partial charge in [0, 0.05) is 44.9 Å². The normalized spacial score (nSPS) is 14.0. The fourth-order valence-electron chi connectivity index (χ4n) is 2.87. The van der Waals surface area contributed by atoms with Gasteiger partial charge in [-0.25, -0.2) is 0 Å². The van der Waals surface area contributed by atoms with E-state index in [1.165, 1.54) is 12.2 Å². The Kier molecular flexibility index (Phi) is 16.0. The first kappa shape index (κ1) is 29.9. The number of carbonyl (C=O) groups excluding carboxylic acids is 5. The summed E-state index contributed by atoms with van der Waals surface area (Å²) in [4.78, 5) is 58.9. The van der Waals surface area contributed by atoms with Crippen molar-refractivity contribution < 1.29 is 33.4 Å². The third-order valence-electron chi connectivity index (χ3n) is 4.63. The molecule has 0 aliphatic carbocycles. The number of carbonyl (C=O) groups is 5. The van der Waals surface area contributed by atoms with E-state index in [1.807, 2.05) is 0 Å². The Morgan fingerprint density at radius 3 is 2.35 bits per heavy atom. The summed E-state index contributed by atoms with van der Waals surface area (Å²) in [6, 6.07) is -0.347. The topological polar surface area (TPSA) is 169 Å². The highest BCUT2D eigenvalue weighted by molar-refractivity contribution is 8.03. The Hall–Kier alpha value is -2.15. The molecule has 1 aliphatic heterocycles. The molecule has 0 fully saturated rings. The number of unbranched alkanes of at least 4 members (excludes halogenated alkanes) is 1. The lowest BCUT2D eigenvalue weighted by Crippen LogP contribution is -2.38. The molecule has 0 aromatic heterocycles. The summed E-state index contributed by atoms with van der Waals surface area (Å²) in [6.07, 6.45) is 4.44. The van der Waals surface area contributed by atoms with E-state index in [9.17, 15) is 24.0 Å². The van der Waals surface area contributed by atoms with Crippen LogP contribution in [0.15, 0.2) is 12.2 Å². The maximum Gasteiger partial charge on any atom is 0.253 e. The Labute approximate surface area is 205 Å². The molecule has 190 valence electrons. The summed E-state index contributed by atoms with van der Waals surface area (Å²) >= 11 is 4.75. The highest BCUT2D eigenvalue weighted by Crippen LogP contribution is 2.08. The van der Waals surface area contributed by atoms with Gasteiger partial charge in [0.2, 0.25) is 17.3 Å². The summed E-state index contributed by atoms with van der Waals surface area (Å²) in [7, 11) is 0.284. The zero-order valence-corrected chi connectivity index (χ0v) is 20.7. The summed E-state index contributed by atoms with van der Waals surface area (Å²) in [5.41, 5.74) is 5.34. The largest absolute Gasteiger partial charge is 0.377 e. The molecule has 5 N–H and O–H groups in total. The number of hydrogen-bond acceptors (Lipinski definition) is 10. The lowest BCUT2D eigenvalue weighted by Gasteiger charge is -2.13. The third-order valence-corrected chi connectivity index (χ3v) is 5.66. The van der Waals surface area contributed by atoms with Crippen molar-refractivity contribution in [2.45, 2.75) is 31.7 Å². The average molecular weight is 518 g/mol. The SMILES string of the molecule is NCNC(CCCCNC(=O)COCCOCCNC(=O)CCN1C(=O)C=CC1=O)C(=O)P=S. The van der Waals surface area contributed by atoms with E-state index in [4.69, 9.17) is 27.0 Å². The van der Waals surface area contributed by atoms with Crippen molar-refractivity contribution in [3.05, 3.63) is 12.2 Å². The number of rotatable bonds is 20. The van der Waals surface area contributed by atoms with E-state index < -0.39 is 11.8 Å². The first-order valence-corrected chi connectivity index (χ1v) is 12.8. The molecule has 1 rings (SSSR count). The molecule has 34 heavy (non-hydrogen) atoms. The summed E-state index contributed by atoms with van der Waals surface area (Å²) in [6.45, 7) is 1.65. The van der Waals surface area contributed by atoms with Gasteiger partial charge in [0.1, 0.15) is 6.61 Å². The fourth-order valence-corrected chi connectivity index (χ4v) is 3.60. The average Bonchev–Trinajstić information content (AvgIpc) is 3.14. The maximum absolute atomic E-state index is 11.7. The predicted molar refractivity (Wildman–Crippen MR) is 127 cm³/mol. The Morgan fingerprint density at radius 1 is 1.00 bits per heavy atom. The van der Waals surface area contributed by atoms with Gasteiger partial charge in [-0.15, -0.1) is 0 Å². The lowest BCUT2D eigenvalue weighted by molar-refractivity contribution is -0.137. The molecule has 1 aliphatic rings. The number of nitrogens with two attached hydrogens (primary N) is 1. The number of ether oxygens (including phenoxy) is 2. The van der Waals surface area contributed by atoms with E-state index in [-0.39, 0.29) is 83.3 Å². The van der Waals surface area contributed by atoms with Crippen LogP contribution in [0.25, 0.3) is 0 Å². The molecule has 1 atom stereocenters. The zero-order valence-electron chi connectivity index (χ0n) is 19.0. The molecule has 0 radical (unpaired) electrons. The molecule has 0 spiro atoms. The van der Waals surface area contributed by atoms with Crippen LogP contribution in [-0.2, 0) is 45.3 Å². The van der Waals surface area contributed by atoms with E-state index in [2.05, 4.69) is 16.0 Å². The van der Waals surface area contributed by atoms with Crippen LogP contribution in [0, 0.1) is 0 Å². The fraction of sp³-hybridized carbons (Fsp3) is 0.650. The van der Waals surface area contributed by atoms with Gasteiger partial charge < -0.3 is 25.8 Å². The molecule has 12 nitrogen and oxygen atoms in total. The molecule has 1 unspecified atom stereocenters. The van der Waals surface area contributed by atoms with E-state index in [0.717, 1.165) is 11.3 Å². The molecular weight excluding hydrogens is 485 g/mol. The van der Waals surface area contributed by atoms with Gasteiger partial charge in [0.15, 0.2) is 0 Å². The van der Waals surface area contributed by atoms with Crippen molar-refractivity contribution >= 4 is 48.3 Å². The van der Waals surface area contributed by atoms with Crippen LogP contribution in [0.2, 0.25) is 0 Å². The standard InChI is InChI=1S/C20H32N5O7PS/c21-14-24-15(20(30)33-34)3-1-2-7-22-17(27)13-32-12-11-31-10-8-23-16(26)6-9-25-18(28)4-5-19(25)29/h4-5,15,24H,1-3,6-14,21H2,(H,22,27)(H,23,26). The number of imide groups is 1. The zero-order chi connectivity index (χ0) is 25.2. The molecule has 4 amide bonds. The number of nitrogens with zero attached hydrogens (tertiary/aromatic N) is 1. The minimum atomic E-state index is -0.416. The molecule has 0 bridgehead atoms. The second-order valence-corrected chi connectivity index (χ2v) is 8.33. The van der Waals surface area contributed by atoms with Gasteiger partial charge in [-0.3, -0.25) is 34.2 Å². The van der Waals surface area contributed by atoms with Crippen LogP contribution in [0.1, 0.15) is 25.7 Å². The van der Waals surface area contributed by atoms with Gasteiger partial charge in [-0.05, 0) is 31.1 Å². The third kappa shape index (κ3) is 12.9. The smallest absolute Gasteiger partial charge is 0.253 e. The molecule has 14 heteroatoms. The highest BCUT2D eigenvalue weighted by atomic mass is 32.4. The van der Waals surface area contributed by atoms with E-state index >= 15 is 0 Å². The van der Waals surface area contributed by atoms with Crippen LogP contribution in [-0.4, -0.2) is 92.8 Å². The van der Waals surface area contributed by atoms with Crippen LogP contribution in [0.3, 0.4) is 0 Å². The Bertz CT molecular complexity index is 735. The second kappa shape index (κ2) is 18.2. The number of hydrogen-bond donors (Lipinski definition) is 4. The Morgan fingerprint density at radius 2 is 1.68 bits per heavy atom. The van der Waals surface area contributed by atoms with Crippen molar-refractivity contribution in [3.8, 4) is 0 Å². The van der Waals surface area contributed by atoms with Crippen molar-refractivity contribution in [3.63, 3.8) is 0 Å². The molecular formula is C20H32N5O7PS. The molecule has 0 saturated carbocycles. The summed E-state index contributed by atoms with van der Waals surface area (Å²) in [5.74, 6) is -1.36. The number of amides is 4. The summed E-state index contributed by atoms with van der Waals surface area (Å²) in [5, 5.41) is 8.27. The van der Waals surface area contributed by atoms with Gasteiger partial charge in [0.25, 0.3) is 11.8 Å². The van der Waals surface area contributed by atoms with Gasteiger partial charge in [-0.1, -0.05) is 0 Å². The van der Waals surface area contributed by atoms with Crippen LogP contribution >= 0.6 is 7.36 Å². The van der Waals surface area contributed by atoms with Crippen molar-refractivity contribution in [1.29, 1.82) is 0 Å². The maximum atomic E-state index is 11.7. The van der Waals surface area contributed by atoms with Crippen LogP contribution in [0.5, 0.6) is 0 Å². The highest BCUT2D eigenvalue weighted by Gasteiger charge is 2.23. The van der Waals surface area contributed by atoms with Crippen molar-refractivity contribution in [2.75, 3.05) is 52.7 Å². The second-order valence-electron chi connectivity index (χ2n) is 7.16. The molecule has 1 heterocycles. The van der Waals surface area contributed by atoms with Crippen LogP contribution in [0.4, 0.5) is 0 Å². The molecule has 0 saturated heterocycles. The number of nitrogens with one attached hydrogen (secondary N) is 3. The van der Waals surface area contributed by atoms with Crippen LogP contribution < -0.4 is 21.7 Å². The van der Waals surface area contributed by atoms with Gasteiger partial charge >= 0.3 is 0 Å². The van der Waals surface area contributed by atoms with Crippen molar-refractivity contribution in [1.82, 2.24) is 20.9 Å². The predicted octanol–water partition coefficient (Wildman–Crippen LogP) is -1.45. The lowest BCUT2D eigenvalue weighted by atomic mass is 10.1. The first-order valence-electron chi connectivity index (χ1n) is 10.9.